The summed E-state index contributed by atoms with van der Waals surface area (Å²) in [7, 11) is 0. The minimum absolute atomic E-state index is 0.0163. The lowest BCUT2D eigenvalue weighted by atomic mass is 9.85. The van der Waals surface area contributed by atoms with Crippen molar-refractivity contribution in [2.24, 2.45) is 11.0 Å². The number of rotatable bonds is 7. The first kappa shape index (κ1) is 21.1. The standard InChI is InChI=1S/C25H23BrN2O3/c1-2-31-22-14-20(26)13-17(23(22)29)16-27-28-24(30)21-15-25(21,18-9-5-3-6-10-18)19-11-7-4-8-12-19/h3-14,16,21,29H,2,15H2,1H3,(H,28,30)/b27-16+/t21-/m0/s1. The highest BCUT2D eigenvalue weighted by atomic mass is 79.9. The fourth-order valence-electron chi connectivity index (χ4n) is 4.06. The van der Waals surface area contributed by atoms with Crippen molar-refractivity contribution in [3.63, 3.8) is 0 Å². The molecule has 0 unspecified atom stereocenters. The lowest BCUT2D eigenvalue weighted by molar-refractivity contribution is -0.122. The third kappa shape index (κ3) is 4.21. The molecule has 2 N–H and O–H groups in total. The number of hydrogen-bond acceptors (Lipinski definition) is 4. The van der Waals surface area contributed by atoms with E-state index in [1.165, 1.54) is 6.21 Å². The van der Waals surface area contributed by atoms with Crippen LogP contribution >= 0.6 is 15.9 Å². The minimum atomic E-state index is -0.345. The number of hydrazone groups is 1. The number of aromatic hydroxyl groups is 1. The van der Waals surface area contributed by atoms with Gasteiger partial charge in [-0.3, -0.25) is 4.79 Å². The lowest BCUT2D eigenvalue weighted by Gasteiger charge is -2.18. The first-order chi connectivity index (χ1) is 15.1. The molecule has 0 bridgehead atoms. The Kier molecular flexibility index (Phi) is 6.09. The highest BCUT2D eigenvalue weighted by Crippen LogP contribution is 2.58. The van der Waals surface area contributed by atoms with Crippen LogP contribution in [0.2, 0.25) is 0 Å². The van der Waals surface area contributed by atoms with Crippen molar-refractivity contribution in [1.29, 1.82) is 0 Å². The van der Waals surface area contributed by atoms with E-state index in [0.717, 1.165) is 22.0 Å². The molecule has 0 heterocycles. The largest absolute Gasteiger partial charge is 0.504 e. The van der Waals surface area contributed by atoms with Crippen molar-refractivity contribution in [2.45, 2.75) is 18.8 Å². The van der Waals surface area contributed by atoms with E-state index in [4.69, 9.17) is 4.74 Å². The molecule has 0 aromatic heterocycles. The molecule has 31 heavy (non-hydrogen) atoms. The summed E-state index contributed by atoms with van der Waals surface area (Å²) in [4.78, 5) is 13.0. The molecule has 3 aromatic rings. The average Bonchev–Trinajstić information content (AvgIpc) is 3.55. The van der Waals surface area contributed by atoms with Gasteiger partial charge in [0.05, 0.1) is 18.7 Å². The Morgan fingerprint density at radius 2 is 1.77 bits per heavy atom. The topological polar surface area (TPSA) is 70.9 Å². The highest BCUT2D eigenvalue weighted by molar-refractivity contribution is 9.10. The van der Waals surface area contributed by atoms with E-state index < -0.39 is 0 Å². The predicted molar refractivity (Wildman–Crippen MR) is 124 cm³/mol. The number of ether oxygens (including phenoxy) is 1. The monoisotopic (exact) mass is 478 g/mol. The SMILES string of the molecule is CCOc1cc(Br)cc(/C=N/NC(=O)[C@@H]2CC2(c2ccccc2)c2ccccc2)c1O. The van der Waals surface area contributed by atoms with Crippen LogP contribution in [0.5, 0.6) is 11.5 Å². The van der Waals surface area contributed by atoms with Crippen molar-refractivity contribution in [3.05, 3.63) is 94.0 Å². The number of amides is 1. The highest BCUT2D eigenvalue weighted by Gasteiger charge is 2.60. The molecule has 0 saturated heterocycles. The predicted octanol–water partition coefficient (Wildman–Crippen LogP) is 5.01. The lowest BCUT2D eigenvalue weighted by Crippen LogP contribution is -2.25. The molecule has 1 aliphatic carbocycles. The summed E-state index contributed by atoms with van der Waals surface area (Å²) in [5.41, 5.74) is 5.00. The van der Waals surface area contributed by atoms with Gasteiger partial charge in [-0.05, 0) is 36.6 Å². The summed E-state index contributed by atoms with van der Waals surface area (Å²) in [6, 6.07) is 23.6. The van der Waals surface area contributed by atoms with Crippen LogP contribution in [0.3, 0.4) is 0 Å². The van der Waals surface area contributed by atoms with Gasteiger partial charge in [0, 0.05) is 15.5 Å². The molecule has 4 rings (SSSR count). The van der Waals surface area contributed by atoms with Crippen LogP contribution in [0.25, 0.3) is 0 Å². The van der Waals surface area contributed by atoms with Gasteiger partial charge in [-0.15, -0.1) is 0 Å². The van der Waals surface area contributed by atoms with Crippen LogP contribution < -0.4 is 10.2 Å². The first-order valence-corrected chi connectivity index (χ1v) is 10.9. The Morgan fingerprint density at radius 1 is 1.16 bits per heavy atom. The van der Waals surface area contributed by atoms with Crippen LogP contribution in [0.15, 0.2) is 82.4 Å². The summed E-state index contributed by atoms with van der Waals surface area (Å²) in [5.74, 6) is -0.0237. The zero-order chi connectivity index (χ0) is 21.8. The molecule has 0 spiro atoms. The molecule has 0 radical (unpaired) electrons. The van der Waals surface area contributed by atoms with Gasteiger partial charge < -0.3 is 9.84 Å². The van der Waals surface area contributed by atoms with Gasteiger partial charge in [-0.25, -0.2) is 5.43 Å². The smallest absolute Gasteiger partial charge is 0.244 e. The zero-order valence-corrected chi connectivity index (χ0v) is 18.7. The second kappa shape index (κ2) is 8.94. The van der Waals surface area contributed by atoms with Crippen molar-refractivity contribution >= 4 is 28.1 Å². The van der Waals surface area contributed by atoms with Crippen molar-refractivity contribution in [1.82, 2.24) is 5.43 Å². The molecule has 1 saturated carbocycles. The van der Waals surface area contributed by atoms with Crippen LogP contribution in [-0.2, 0) is 10.2 Å². The number of hydrogen-bond donors (Lipinski definition) is 2. The summed E-state index contributed by atoms with van der Waals surface area (Å²) in [6.07, 6.45) is 2.15. The normalized spacial score (nSPS) is 16.8. The van der Waals surface area contributed by atoms with Crippen molar-refractivity contribution in [2.75, 3.05) is 6.61 Å². The van der Waals surface area contributed by atoms with E-state index in [0.29, 0.717) is 17.9 Å². The van der Waals surface area contributed by atoms with Gasteiger partial charge in [-0.1, -0.05) is 76.6 Å². The van der Waals surface area contributed by atoms with Crippen molar-refractivity contribution < 1.29 is 14.6 Å². The molecule has 6 heteroatoms. The Balaban J connectivity index is 1.53. The van der Waals surface area contributed by atoms with E-state index in [1.54, 1.807) is 12.1 Å². The summed E-state index contributed by atoms with van der Waals surface area (Å²) in [5, 5.41) is 14.5. The number of halogens is 1. The molecular formula is C25H23BrN2O3. The maximum Gasteiger partial charge on any atom is 0.244 e. The molecule has 5 nitrogen and oxygen atoms in total. The van der Waals surface area contributed by atoms with E-state index in [-0.39, 0.29) is 23.0 Å². The molecular weight excluding hydrogens is 456 g/mol. The molecule has 3 aromatic carbocycles. The van der Waals surface area contributed by atoms with E-state index in [1.807, 2.05) is 43.3 Å². The molecule has 1 fully saturated rings. The Labute approximate surface area is 189 Å². The molecule has 1 amide bonds. The zero-order valence-electron chi connectivity index (χ0n) is 17.1. The van der Waals surface area contributed by atoms with Crippen LogP contribution in [-0.4, -0.2) is 23.8 Å². The van der Waals surface area contributed by atoms with Crippen LogP contribution in [0.4, 0.5) is 0 Å². The van der Waals surface area contributed by atoms with Crippen molar-refractivity contribution in [3.8, 4) is 11.5 Å². The van der Waals surface area contributed by atoms with E-state index >= 15 is 0 Å². The quantitative estimate of drug-likeness (QED) is 0.370. The van der Waals surface area contributed by atoms with Gasteiger partial charge in [0.25, 0.3) is 0 Å². The number of carbonyl (C=O) groups excluding carboxylic acids is 1. The number of nitrogens with zero attached hydrogens (tertiary/aromatic N) is 1. The fourth-order valence-corrected chi connectivity index (χ4v) is 4.51. The third-order valence-corrected chi connectivity index (χ3v) is 6.06. The Bertz CT molecular complexity index is 1060. The molecule has 1 aliphatic rings. The molecule has 158 valence electrons. The average molecular weight is 479 g/mol. The Hall–Kier alpha value is -3.12. The summed E-state index contributed by atoms with van der Waals surface area (Å²) >= 11 is 3.40. The summed E-state index contributed by atoms with van der Waals surface area (Å²) in [6.45, 7) is 2.27. The third-order valence-electron chi connectivity index (χ3n) is 5.60. The minimum Gasteiger partial charge on any atom is -0.504 e. The fraction of sp³-hybridized carbons (Fsp3) is 0.200. The number of phenols is 1. The number of phenolic OH excluding ortho intramolecular Hbond substituents is 1. The van der Waals surface area contributed by atoms with Gasteiger partial charge in [0.1, 0.15) is 0 Å². The molecule has 0 aliphatic heterocycles. The second-order valence-electron chi connectivity index (χ2n) is 7.47. The van der Waals surface area contributed by atoms with Gasteiger partial charge >= 0.3 is 0 Å². The number of benzene rings is 3. The second-order valence-corrected chi connectivity index (χ2v) is 8.38. The number of carbonyl (C=O) groups is 1. The maximum atomic E-state index is 13.0. The van der Waals surface area contributed by atoms with Gasteiger partial charge in [0.2, 0.25) is 5.91 Å². The number of nitrogens with one attached hydrogen (secondary N) is 1. The van der Waals surface area contributed by atoms with Gasteiger partial charge in [0.15, 0.2) is 11.5 Å². The van der Waals surface area contributed by atoms with E-state index in [2.05, 4.69) is 50.7 Å². The summed E-state index contributed by atoms with van der Waals surface area (Å²) < 4.78 is 6.18. The van der Waals surface area contributed by atoms with Crippen LogP contribution in [0.1, 0.15) is 30.0 Å². The maximum absolute atomic E-state index is 13.0. The van der Waals surface area contributed by atoms with Gasteiger partial charge in [-0.2, -0.15) is 5.10 Å². The van der Waals surface area contributed by atoms with Crippen LogP contribution in [0, 0.1) is 5.92 Å². The first-order valence-electron chi connectivity index (χ1n) is 10.2. The molecule has 1 atom stereocenters. The van der Waals surface area contributed by atoms with E-state index in [9.17, 15) is 9.90 Å². The Morgan fingerprint density at radius 3 is 2.35 bits per heavy atom.